The fraction of sp³-hybridized carbons (Fsp3) is 0.316. The molecule has 0 aliphatic carbocycles. The summed E-state index contributed by atoms with van der Waals surface area (Å²) >= 11 is 0. The zero-order chi connectivity index (χ0) is 16.1. The number of ether oxygens (including phenoxy) is 2. The van der Waals surface area contributed by atoms with Crippen LogP contribution in [0.4, 0.5) is 5.69 Å². The van der Waals surface area contributed by atoms with Crippen LogP contribution in [0.15, 0.2) is 48.5 Å². The smallest absolute Gasteiger partial charge is 0.143 e. The predicted octanol–water partition coefficient (Wildman–Crippen LogP) is 3.94. The van der Waals surface area contributed by atoms with Crippen LogP contribution >= 0.6 is 0 Å². The first-order valence-electron chi connectivity index (χ1n) is 7.83. The largest absolute Gasteiger partial charge is 0.497 e. The molecule has 1 atom stereocenters. The molecule has 4 heteroatoms. The van der Waals surface area contributed by atoms with E-state index in [1.54, 1.807) is 7.11 Å². The zero-order valence-corrected chi connectivity index (χ0v) is 13.2. The van der Waals surface area contributed by atoms with Crippen molar-refractivity contribution in [1.29, 1.82) is 5.26 Å². The van der Waals surface area contributed by atoms with Crippen molar-refractivity contribution in [2.24, 2.45) is 0 Å². The number of hydrogen-bond acceptors (Lipinski definition) is 4. The van der Waals surface area contributed by atoms with Gasteiger partial charge in [0.2, 0.25) is 0 Å². The molecule has 0 spiro atoms. The Kier molecular flexibility index (Phi) is 4.68. The summed E-state index contributed by atoms with van der Waals surface area (Å²) in [5.74, 6) is 1.68. The van der Waals surface area contributed by atoms with Crippen molar-refractivity contribution >= 4 is 5.69 Å². The SMILES string of the molecule is COc1ccc2c(c1)N(CCCC#N)C(c1ccccc1)CO2. The van der Waals surface area contributed by atoms with Gasteiger partial charge in [-0.1, -0.05) is 30.3 Å². The first-order chi connectivity index (χ1) is 11.3. The van der Waals surface area contributed by atoms with Crippen LogP contribution in [0.3, 0.4) is 0 Å². The first-order valence-corrected chi connectivity index (χ1v) is 7.83. The van der Waals surface area contributed by atoms with Crippen molar-refractivity contribution in [1.82, 2.24) is 0 Å². The highest BCUT2D eigenvalue weighted by Crippen LogP contribution is 2.41. The highest BCUT2D eigenvalue weighted by Gasteiger charge is 2.28. The van der Waals surface area contributed by atoms with Gasteiger partial charge in [0.05, 0.1) is 24.9 Å². The lowest BCUT2D eigenvalue weighted by Gasteiger charge is -2.39. The number of nitrogens with zero attached hydrogens (tertiary/aromatic N) is 2. The molecule has 0 aromatic heterocycles. The van der Waals surface area contributed by atoms with E-state index in [1.165, 1.54) is 5.56 Å². The zero-order valence-electron chi connectivity index (χ0n) is 13.2. The Morgan fingerprint density at radius 3 is 2.83 bits per heavy atom. The van der Waals surface area contributed by atoms with Crippen LogP contribution in [-0.4, -0.2) is 20.3 Å². The minimum Gasteiger partial charge on any atom is -0.497 e. The Labute approximate surface area is 136 Å². The monoisotopic (exact) mass is 308 g/mol. The lowest BCUT2D eigenvalue weighted by molar-refractivity contribution is 0.262. The molecule has 1 heterocycles. The molecule has 0 radical (unpaired) electrons. The summed E-state index contributed by atoms with van der Waals surface area (Å²) in [6, 6.07) is 18.6. The van der Waals surface area contributed by atoms with Crippen molar-refractivity contribution in [2.75, 3.05) is 25.2 Å². The second-order valence-electron chi connectivity index (χ2n) is 5.53. The third-order valence-electron chi connectivity index (χ3n) is 4.12. The quantitative estimate of drug-likeness (QED) is 0.785. The van der Waals surface area contributed by atoms with E-state index < -0.39 is 0 Å². The van der Waals surface area contributed by atoms with Crippen LogP contribution in [0.25, 0.3) is 0 Å². The van der Waals surface area contributed by atoms with E-state index in [-0.39, 0.29) is 6.04 Å². The fourth-order valence-electron chi connectivity index (χ4n) is 2.95. The second kappa shape index (κ2) is 7.06. The number of unbranched alkanes of at least 4 members (excludes halogenated alkanes) is 1. The molecule has 2 aromatic rings. The molecule has 1 aliphatic heterocycles. The third-order valence-corrected chi connectivity index (χ3v) is 4.12. The minimum absolute atomic E-state index is 0.148. The van der Waals surface area contributed by atoms with E-state index in [1.807, 2.05) is 36.4 Å². The number of benzene rings is 2. The van der Waals surface area contributed by atoms with E-state index in [2.05, 4.69) is 23.1 Å². The van der Waals surface area contributed by atoms with E-state index in [4.69, 9.17) is 14.7 Å². The van der Waals surface area contributed by atoms with Crippen molar-refractivity contribution in [3.8, 4) is 17.6 Å². The molecule has 4 nitrogen and oxygen atoms in total. The topological polar surface area (TPSA) is 45.5 Å². The summed E-state index contributed by atoms with van der Waals surface area (Å²) in [5.41, 5.74) is 2.25. The van der Waals surface area contributed by atoms with Crippen LogP contribution < -0.4 is 14.4 Å². The molecule has 2 aromatic carbocycles. The molecule has 3 rings (SSSR count). The van der Waals surface area contributed by atoms with Gasteiger partial charge in [0.25, 0.3) is 0 Å². The number of methoxy groups -OCH3 is 1. The summed E-state index contributed by atoms with van der Waals surface area (Å²) in [6.07, 6.45) is 1.38. The Hall–Kier alpha value is -2.67. The minimum atomic E-state index is 0.148. The summed E-state index contributed by atoms with van der Waals surface area (Å²) in [7, 11) is 1.67. The van der Waals surface area contributed by atoms with Crippen LogP contribution in [0.5, 0.6) is 11.5 Å². The molecule has 0 fully saturated rings. The number of anilines is 1. The Morgan fingerprint density at radius 1 is 1.26 bits per heavy atom. The van der Waals surface area contributed by atoms with E-state index in [0.29, 0.717) is 13.0 Å². The molecule has 0 N–H and O–H groups in total. The van der Waals surface area contributed by atoms with Crippen molar-refractivity contribution in [3.05, 3.63) is 54.1 Å². The van der Waals surface area contributed by atoms with Crippen molar-refractivity contribution < 1.29 is 9.47 Å². The molecule has 0 amide bonds. The fourth-order valence-corrected chi connectivity index (χ4v) is 2.95. The maximum atomic E-state index is 8.84. The van der Waals surface area contributed by atoms with Gasteiger partial charge in [-0.2, -0.15) is 5.26 Å². The van der Waals surface area contributed by atoms with E-state index in [9.17, 15) is 0 Å². The molecule has 0 saturated heterocycles. The van der Waals surface area contributed by atoms with Gasteiger partial charge in [0.1, 0.15) is 18.1 Å². The van der Waals surface area contributed by atoms with Crippen molar-refractivity contribution in [3.63, 3.8) is 0 Å². The second-order valence-corrected chi connectivity index (χ2v) is 5.53. The van der Waals surface area contributed by atoms with Crippen LogP contribution in [0.2, 0.25) is 0 Å². The molecule has 0 bridgehead atoms. The average Bonchev–Trinajstić information content (AvgIpc) is 2.62. The molecule has 23 heavy (non-hydrogen) atoms. The summed E-state index contributed by atoms with van der Waals surface area (Å²) in [4.78, 5) is 2.33. The van der Waals surface area contributed by atoms with E-state index >= 15 is 0 Å². The Bertz CT molecular complexity index is 694. The maximum absolute atomic E-state index is 8.84. The molecule has 0 saturated carbocycles. The summed E-state index contributed by atoms with van der Waals surface area (Å²) in [6.45, 7) is 1.42. The maximum Gasteiger partial charge on any atom is 0.143 e. The standard InChI is InChI=1S/C19H20N2O2/c1-22-16-9-10-19-17(13-16)21(12-6-5-11-20)18(14-23-19)15-7-3-2-4-8-15/h2-4,7-10,13,18H,5-6,12,14H2,1H3. The molecular weight excluding hydrogens is 288 g/mol. The third kappa shape index (κ3) is 3.24. The highest BCUT2D eigenvalue weighted by atomic mass is 16.5. The van der Waals surface area contributed by atoms with Gasteiger partial charge in [-0.15, -0.1) is 0 Å². The average molecular weight is 308 g/mol. The summed E-state index contributed by atoms with van der Waals surface area (Å²) < 4.78 is 11.3. The lowest BCUT2D eigenvalue weighted by Crippen LogP contribution is -2.37. The van der Waals surface area contributed by atoms with Gasteiger partial charge in [-0.05, 0) is 24.1 Å². The van der Waals surface area contributed by atoms with Crippen LogP contribution in [0, 0.1) is 11.3 Å². The molecule has 1 unspecified atom stereocenters. The molecular formula is C19H20N2O2. The Balaban J connectivity index is 1.95. The van der Waals surface area contributed by atoms with Crippen molar-refractivity contribution in [2.45, 2.75) is 18.9 Å². The van der Waals surface area contributed by atoms with Gasteiger partial charge in [0.15, 0.2) is 0 Å². The predicted molar refractivity (Wildman–Crippen MR) is 89.9 cm³/mol. The van der Waals surface area contributed by atoms with Crippen LogP contribution in [0.1, 0.15) is 24.4 Å². The normalized spacial score (nSPS) is 16.2. The number of rotatable bonds is 5. The van der Waals surface area contributed by atoms with Gasteiger partial charge in [-0.3, -0.25) is 0 Å². The Morgan fingerprint density at radius 2 is 2.09 bits per heavy atom. The van der Waals surface area contributed by atoms with Gasteiger partial charge < -0.3 is 14.4 Å². The number of fused-ring (bicyclic) bond motifs is 1. The highest BCUT2D eigenvalue weighted by molar-refractivity contribution is 5.64. The number of nitriles is 1. The lowest BCUT2D eigenvalue weighted by atomic mass is 10.0. The number of hydrogen-bond donors (Lipinski definition) is 0. The van der Waals surface area contributed by atoms with Gasteiger partial charge >= 0.3 is 0 Å². The van der Waals surface area contributed by atoms with Gasteiger partial charge in [-0.25, -0.2) is 0 Å². The molecule has 1 aliphatic rings. The van der Waals surface area contributed by atoms with Gasteiger partial charge in [0, 0.05) is 19.0 Å². The molecule has 118 valence electrons. The van der Waals surface area contributed by atoms with Crippen LogP contribution in [-0.2, 0) is 0 Å². The first kappa shape index (κ1) is 15.2. The van der Waals surface area contributed by atoms with E-state index in [0.717, 1.165) is 30.2 Å². The summed E-state index contributed by atoms with van der Waals surface area (Å²) in [5, 5.41) is 8.84.